The lowest BCUT2D eigenvalue weighted by Gasteiger charge is -2.19. The van der Waals surface area contributed by atoms with Gasteiger partial charge in [-0.25, -0.2) is 4.79 Å². The van der Waals surface area contributed by atoms with E-state index in [0.717, 1.165) is 0 Å². The molecule has 0 aromatic carbocycles. The topological polar surface area (TPSA) is 101 Å². The van der Waals surface area contributed by atoms with Gasteiger partial charge in [-0.3, -0.25) is 9.36 Å². The third kappa shape index (κ3) is 4.95. The predicted octanol–water partition coefficient (Wildman–Crippen LogP) is 1.25. The van der Waals surface area contributed by atoms with Gasteiger partial charge in [0.05, 0.1) is 6.42 Å². The van der Waals surface area contributed by atoms with Crippen molar-refractivity contribution in [2.75, 3.05) is 12.3 Å². The van der Waals surface area contributed by atoms with Crippen LogP contribution in [-0.4, -0.2) is 40.6 Å². The smallest absolute Gasteiger partial charge is 0.333 e. The average Bonchev–Trinajstić information content (AvgIpc) is 2.16. The first-order valence-corrected chi connectivity index (χ1v) is 6.55. The van der Waals surface area contributed by atoms with E-state index >= 15 is 0 Å². The summed E-state index contributed by atoms with van der Waals surface area (Å²) in [5, 5.41) is 17.1. The van der Waals surface area contributed by atoms with Gasteiger partial charge in [0, 0.05) is 12.3 Å². The molecule has 0 amide bonds. The lowest BCUT2D eigenvalue weighted by atomic mass is 10.3. The van der Waals surface area contributed by atoms with Crippen LogP contribution in [0.3, 0.4) is 0 Å². The number of aliphatic carboxylic acids is 2. The fourth-order valence-corrected chi connectivity index (χ4v) is 2.31. The summed E-state index contributed by atoms with van der Waals surface area (Å²) in [6.45, 7) is 3.23. The zero-order chi connectivity index (χ0) is 12.1. The fourth-order valence-electron chi connectivity index (χ4n) is 0.933. The zero-order valence-corrected chi connectivity index (χ0v) is 9.57. The summed E-state index contributed by atoms with van der Waals surface area (Å²) in [6.07, 6.45) is -1.81. The summed E-state index contributed by atoms with van der Waals surface area (Å²) in [7, 11) is -2.99. The fraction of sp³-hybridized carbons (Fsp3) is 0.750. The van der Waals surface area contributed by atoms with E-state index in [2.05, 4.69) is 0 Å². The number of rotatable bonds is 7. The molecule has 15 heavy (non-hydrogen) atoms. The second-order valence-corrected chi connectivity index (χ2v) is 6.08. The molecule has 0 fully saturated rings. The standard InChI is InChI=1S/C8H15O6P/c1-3-15(13,4-2)14-6(8(11)12)5-7(9)10/h6H,3-5H2,1-2H3,(H,9,10)(H,11,12). The van der Waals surface area contributed by atoms with Gasteiger partial charge in [0.1, 0.15) is 0 Å². The molecule has 0 aromatic rings. The van der Waals surface area contributed by atoms with Gasteiger partial charge in [-0.1, -0.05) is 13.8 Å². The Kier molecular flexibility index (Phi) is 5.54. The van der Waals surface area contributed by atoms with Gasteiger partial charge >= 0.3 is 11.9 Å². The van der Waals surface area contributed by atoms with Crippen molar-refractivity contribution in [3.05, 3.63) is 0 Å². The van der Waals surface area contributed by atoms with Crippen molar-refractivity contribution in [2.24, 2.45) is 0 Å². The van der Waals surface area contributed by atoms with E-state index in [1.807, 2.05) is 0 Å². The molecule has 1 atom stereocenters. The molecule has 0 aromatic heterocycles. The van der Waals surface area contributed by atoms with Crippen molar-refractivity contribution >= 4 is 19.3 Å². The molecular weight excluding hydrogens is 223 g/mol. The minimum atomic E-state index is -2.99. The maximum atomic E-state index is 11.8. The summed E-state index contributed by atoms with van der Waals surface area (Å²) in [5.74, 6) is -2.69. The Morgan fingerprint density at radius 1 is 1.27 bits per heavy atom. The molecule has 7 heteroatoms. The van der Waals surface area contributed by atoms with Crippen LogP contribution in [0, 0.1) is 0 Å². The van der Waals surface area contributed by atoms with Crippen LogP contribution in [-0.2, 0) is 18.7 Å². The molecule has 1 unspecified atom stereocenters. The Morgan fingerprint density at radius 2 is 1.73 bits per heavy atom. The van der Waals surface area contributed by atoms with Gasteiger partial charge in [0.25, 0.3) is 0 Å². The summed E-state index contributed by atoms with van der Waals surface area (Å²) in [5.41, 5.74) is 0. The highest BCUT2D eigenvalue weighted by atomic mass is 31.2. The summed E-state index contributed by atoms with van der Waals surface area (Å²) >= 11 is 0. The van der Waals surface area contributed by atoms with E-state index in [1.54, 1.807) is 13.8 Å². The van der Waals surface area contributed by atoms with E-state index in [9.17, 15) is 14.2 Å². The third-order valence-corrected chi connectivity index (χ3v) is 4.48. The molecule has 0 aliphatic carbocycles. The summed E-state index contributed by atoms with van der Waals surface area (Å²) < 4.78 is 16.7. The molecule has 6 nitrogen and oxygen atoms in total. The highest BCUT2D eigenvalue weighted by Gasteiger charge is 2.30. The average molecular weight is 238 g/mol. The van der Waals surface area contributed by atoms with Crippen LogP contribution in [0.4, 0.5) is 0 Å². The van der Waals surface area contributed by atoms with Gasteiger partial charge < -0.3 is 14.7 Å². The first kappa shape index (κ1) is 14.1. The first-order valence-electron chi connectivity index (χ1n) is 4.55. The normalized spacial score (nSPS) is 13.5. The Bertz CT molecular complexity index is 279. The number of carboxylic acid groups (broad SMARTS) is 2. The quantitative estimate of drug-likeness (QED) is 0.647. The summed E-state index contributed by atoms with van der Waals surface area (Å²) in [6, 6.07) is 0. The Labute approximate surface area is 87.7 Å². The first-order chi connectivity index (χ1) is 6.84. The molecule has 0 saturated carbocycles. The van der Waals surface area contributed by atoms with E-state index < -0.39 is 31.8 Å². The molecule has 88 valence electrons. The van der Waals surface area contributed by atoms with Gasteiger partial charge in [-0.15, -0.1) is 0 Å². The van der Waals surface area contributed by atoms with E-state index in [0.29, 0.717) is 0 Å². The number of hydrogen-bond donors (Lipinski definition) is 2. The second-order valence-electron chi connectivity index (χ2n) is 2.98. The highest BCUT2D eigenvalue weighted by molar-refractivity contribution is 7.58. The molecule has 0 bridgehead atoms. The molecule has 0 rings (SSSR count). The third-order valence-electron chi connectivity index (χ3n) is 1.92. The largest absolute Gasteiger partial charge is 0.481 e. The number of carbonyl (C=O) groups is 2. The van der Waals surface area contributed by atoms with Gasteiger partial charge in [-0.05, 0) is 0 Å². The van der Waals surface area contributed by atoms with Crippen LogP contribution in [0.25, 0.3) is 0 Å². The second kappa shape index (κ2) is 5.88. The summed E-state index contributed by atoms with van der Waals surface area (Å²) in [4.78, 5) is 21.0. The molecule has 0 radical (unpaired) electrons. The van der Waals surface area contributed by atoms with Crippen LogP contribution < -0.4 is 0 Å². The van der Waals surface area contributed by atoms with Gasteiger partial charge in [0.15, 0.2) is 6.10 Å². The maximum absolute atomic E-state index is 11.8. The molecule has 0 aliphatic heterocycles. The Hall–Kier alpha value is -0.870. The molecular formula is C8H15O6P. The highest BCUT2D eigenvalue weighted by Crippen LogP contribution is 2.47. The molecule has 0 heterocycles. The van der Waals surface area contributed by atoms with E-state index in [1.165, 1.54) is 0 Å². The molecule has 0 saturated heterocycles. The minimum Gasteiger partial charge on any atom is -0.481 e. The van der Waals surface area contributed by atoms with Crippen molar-refractivity contribution < 1.29 is 28.9 Å². The SMILES string of the molecule is CCP(=O)(CC)OC(CC(=O)O)C(=O)O. The Balaban J connectivity index is 4.60. The minimum absolute atomic E-state index is 0.201. The molecule has 0 spiro atoms. The van der Waals surface area contributed by atoms with Crippen molar-refractivity contribution in [2.45, 2.75) is 26.4 Å². The van der Waals surface area contributed by atoms with Crippen molar-refractivity contribution in [3.63, 3.8) is 0 Å². The van der Waals surface area contributed by atoms with Crippen LogP contribution in [0.1, 0.15) is 20.3 Å². The monoisotopic (exact) mass is 238 g/mol. The van der Waals surface area contributed by atoms with Gasteiger partial charge in [0.2, 0.25) is 7.37 Å². The Morgan fingerprint density at radius 3 is 2.00 bits per heavy atom. The maximum Gasteiger partial charge on any atom is 0.333 e. The van der Waals surface area contributed by atoms with Crippen LogP contribution >= 0.6 is 7.37 Å². The van der Waals surface area contributed by atoms with Crippen molar-refractivity contribution in [1.29, 1.82) is 0 Å². The lowest BCUT2D eigenvalue weighted by molar-refractivity contribution is -0.151. The number of hydrogen-bond acceptors (Lipinski definition) is 4. The zero-order valence-electron chi connectivity index (χ0n) is 8.67. The van der Waals surface area contributed by atoms with Crippen LogP contribution in [0.2, 0.25) is 0 Å². The molecule has 2 N–H and O–H groups in total. The predicted molar refractivity (Wildman–Crippen MR) is 53.5 cm³/mol. The van der Waals surface area contributed by atoms with Crippen molar-refractivity contribution in [3.8, 4) is 0 Å². The van der Waals surface area contributed by atoms with Crippen LogP contribution in [0.15, 0.2) is 0 Å². The van der Waals surface area contributed by atoms with E-state index in [-0.39, 0.29) is 12.3 Å². The van der Waals surface area contributed by atoms with Crippen LogP contribution in [0.5, 0.6) is 0 Å². The van der Waals surface area contributed by atoms with Crippen molar-refractivity contribution in [1.82, 2.24) is 0 Å². The van der Waals surface area contributed by atoms with E-state index in [4.69, 9.17) is 14.7 Å². The van der Waals surface area contributed by atoms with Gasteiger partial charge in [-0.2, -0.15) is 0 Å². The lowest BCUT2D eigenvalue weighted by Crippen LogP contribution is -2.26. The molecule has 0 aliphatic rings. The number of carboxylic acids is 2.